The lowest BCUT2D eigenvalue weighted by atomic mass is 9.97. The Balaban J connectivity index is 0.660. The average Bonchev–Trinajstić information content (AvgIpc) is 1.56. The van der Waals surface area contributed by atoms with Crippen LogP contribution in [0.25, 0.3) is 250 Å². The highest BCUT2D eigenvalue weighted by Gasteiger charge is 2.24. The molecule has 25 rings (SSSR count). The third kappa shape index (κ3) is 13.9. The van der Waals surface area contributed by atoms with Crippen LogP contribution in [0.1, 0.15) is 90.6 Å². The van der Waals surface area contributed by atoms with Crippen molar-refractivity contribution >= 4 is 161 Å². The zero-order chi connectivity index (χ0) is 87.1. The third-order valence-electron chi connectivity index (χ3n) is 25.3. The molecule has 614 valence electrons. The summed E-state index contributed by atoms with van der Waals surface area (Å²) in [7, 11) is 0. The molecule has 132 heavy (non-hydrogen) atoms. The van der Waals surface area contributed by atoms with Crippen molar-refractivity contribution in [3.63, 3.8) is 0 Å². The summed E-state index contributed by atoms with van der Waals surface area (Å²) < 4.78 is 0. The summed E-state index contributed by atoms with van der Waals surface area (Å²) in [6.45, 7) is 0. The molecule has 6 aliphatic rings. The molecular weight excluding hydrogens is 1610 g/mol. The van der Waals surface area contributed by atoms with E-state index in [-0.39, 0.29) is 0 Å². The van der Waals surface area contributed by atoms with Gasteiger partial charge in [-0.05, 0) is 248 Å². The van der Waals surface area contributed by atoms with E-state index in [1.165, 1.54) is 0 Å². The summed E-state index contributed by atoms with van der Waals surface area (Å²) in [6, 6.07) is 119. The Morgan fingerprint density at radius 1 is 0.174 bits per heavy atom. The quantitative estimate of drug-likeness (QED) is 0.0827. The SMILES string of the molecule is C(#Cc1c2nc(c(-c3cccc4ccccc34)c3ccc([nH]3)c(C#Cc3ccc(-c4c5nc(c(-c6ccccc6)c6ccc(cc7nc(c(-c8ccccc8)c8ccc4[nH]8)C=C7)[nH]6)C=C5)cc3)c3nc(c(-c4cccc5ccccc45)c4ccc1[nH]4)C=C3)C=C2)c1ccc(-c2c3nc(c(-c4ccccc4)c4ccc(cc5nc(c(-c6ccccc6)c6ccc2[nH]6)C=C5)[nH]4)C=C3)cc1. The minimum absolute atomic E-state index is 0.699. The monoisotopic (exact) mass is 1680 g/mol. The van der Waals surface area contributed by atoms with Gasteiger partial charge >= 0.3 is 0 Å². The molecule has 0 atom stereocenters. The Morgan fingerprint density at radius 2 is 0.432 bits per heavy atom. The van der Waals surface area contributed by atoms with Gasteiger partial charge in [0.2, 0.25) is 0 Å². The first kappa shape index (κ1) is 76.1. The molecule has 0 fully saturated rings. The maximum absolute atomic E-state index is 5.72. The zero-order valence-electron chi connectivity index (χ0n) is 70.9. The summed E-state index contributed by atoms with van der Waals surface area (Å²) in [4.78, 5) is 56.3. The summed E-state index contributed by atoms with van der Waals surface area (Å²) in [5.74, 6) is 14.9. The predicted molar refractivity (Wildman–Crippen MR) is 547 cm³/mol. The van der Waals surface area contributed by atoms with Crippen LogP contribution in [0.5, 0.6) is 0 Å². The van der Waals surface area contributed by atoms with Crippen LogP contribution in [-0.4, -0.2) is 59.8 Å². The Bertz CT molecular complexity index is 8380. The molecule has 12 nitrogen and oxygen atoms in total. The molecule has 19 aromatic rings. The Labute approximate surface area is 758 Å². The van der Waals surface area contributed by atoms with Crippen LogP contribution >= 0.6 is 0 Å². The van der Waals surface area contributed by atoms with Gasteiger partial charge in [-0.2, -0.15) is 0 Å². The molecule has 0 aliphatic carbocycles. The number of hydrogen-bond acceptors (Lipinski definition) is 6. The number of hydrogen-bond donors (Lipinski definition) is 6. The van der Waals surface area contributed by atoms with Gasteiger partial charge in [-0.15, -0.1) is 0 Å². The molecule has 24 bridgehead atoms. The van der Waals surface area contributed by atoms with Gasteiger partial charge < -0.3 is 29.9 Å². The molecule has 10 aromatic carbocycles. The largest absolute Gasteiger partial charge is 0.355 e. The van der Waals surface area contributed by atoms with E-state index in [0.29, 0.717) is 22.5 Å². The number of nitrogens with one attached hydrogen (secondary N) is 6. The van der Waals surface area contributed by atoms with Crippen molar-refractivity contribution in [2.75, 3.05) is 0 Å². The number of fused-ring (bicyclic) bond motifs is 26. The van der Waals surface area contributed by atoms with Gasteiger partial charge in [0.1, 0.15) is 0 Å². The van der Waals surface area contributed by atoms with E-state index in [4.69, 9.17) is 29.9 Å². The lowest BCUT2D eigenvalue weighted by Gasteiger charge is -2.09. The van der Waals surface area contributed by atoms with Crippen LogP contribution in [0.2, 0.25) is 0 Å². The van der Waals surface area contributed by atoms with E-state index in [1.807, 2.05) is 24.3 Å². The van der Waals surface area contributed by atoms with Gasteiger partial charge in [0.25, 0.3) is 0 Å². The maximum atomic E-state index is 5.72. The molecular formula is C120H74N12. The first-order valence-electron chi connectivity index (χ1n) is 44.2. The van der Waals surface area contributed by atoms with Crippen molar-refractivity contribution in [2.45, 2.75) is 0 Å². The molecule has 0 radical (unpaired) electrons. The smallest absolute Gasteiger partial charge is 0.0815 e. The Morgan fingerprint density at radius 3 is 0.795 bits per heavy atom. The summed E-state index contributed by atoms with van der Waals surface area (Å²) in [5, 5.41) is 4.37. The minimum atomic E-state index is 0.699. The highest BCUT2D eigenvalue weighted by Crippen LogP contribution is 2.44. The van der Waals surface area contributed by atoms with Crippen LogP contribution in [0, 0.1) is 23.7 Å². The second kappa shape index (κ2) is 31.9. The number of aromatic nitrogens is 12. The first-order valence-corrected chi connectivity index (χ1v) is 44.2. The highest BCUT2D eigenvalue weighted by atomic mass is 14.8. The van der Waals surface area contributed by atoms with Gasteiger partial charge in [0.05, 0.1) is 90.5 Å². The number of rotatable bonds is 8. The predicted octanol–water partition coefficient (Wildman–Crippen LogP) is 29.0. The molecule has 0 amide bonds. The van der Waals surface area contributed by atoms with Crippen molar-refractivity contribution in [3.05, 3.63) is 430 Å². The van der Waals surface area contributed by atoms with Crippen molar-refractivity contribution in [3.8, 4) is 113 Å². The fourth-order valence-corrected chi connectivity index (χ4v) is 19.2. The zero-order valence-corrected chi connectivity index (χ0v) is 70.9. The maximum Gasteiger partial charge on any atom is 0.0815 e. The Hall–Kier alpha value is -18.4. The van der Waals surface area contributed by atoms with E-state index in [9.17, 15) is 0 Å². The normalized spacial score (nSPS) is 12.2. The van der Waals surface area contributed by atoms with Crippen molar-refractivity contribution in [2.24, 2.45) is 0 Å². The fraction of sp³-hybridized carbons (Fsp3) is 0. The van der Waals surface area contributed by atoms with Crippen molar-refractivity contribution in [1.29, 1.82) is 0 Å². The van der Waals surface area contributed by atoms with Gasteiger partial charge in [0, 0.05) is 111 Å². The van der Waals surface area contributed by atoms with E-state index in [1.54, 1.807) is 0 Å². The van der Waals surface area contributed by atoms with Gasteiger partial charge in [0.15, 0.2) is 0 Å². The van der Waals surface area contributed by atoms with E-state index in [2.05, 4.69) is 442 Å². The fourth-order valence-electron chi connectivity index (χ4n) is 19.2. The standard InChI is InChI=1S/C120H74N12/c1-5-21-77(22-6-1)113-97-51-45-83(121-97)71-84-46-52-98(122-84)114(78-23-7-2-8-24-78)102-64-68-106(130-102)117(105-67-63-101(113)129-105)81-41-35-73(36-42-81)39-49-91-93-55-59-109(125-93)119(89-33-17-29-75-19-13-15-31-87(75)89)111-61-57-95(127-111)92(96-58-62-112(128-96)120(110-60-56-94(91)126-110)90-34-18-30-76-20-14-16-32-88(76)90)50-40-74-37-43-82(44-38-74)118-107-69-65-103(131-107)115(79-25-9-3-10-26-79)99-53-47-85(123-99)72-86-48-54-100(124-86)116(80-27-11-4-12-28-80)104-66-70-108(118)132-104/h1-38,41-48,51-72,121,123,125,128,130,132H. The van der Waals surface area contributed by atoms with Gasteiger partial charge in [-0.1, -0.05) is 254 Å². The molecule has 0 unspecified atom stereocenters. The molecule has 12 heteroatoms. The van der Waals surface area contributed by atoms with Crippen LogP contribution < -0.4 is 0 Å². The van der Waals surface area contributed by atoms with Gasteiger partial charge in [-0.3, -0.25) is 0 Å². The van der Waals surface area contributed by atoms with Crippen LogP contribution in [0.4, 0.5) is 0 Å². The van der Waals surface area contributed by atoms with E-state index in [0.717, 1.165) is 245 Å². The molecule has 0 saturated heterocycles. The van der Waals surface area contributed by atoms with Crippen LogP contribution in [0.3, 0.4) is 0 Å². The number of benzene rings is 10. The van der Waals surface area contributed by atoms with Crippen LogP contribution in [0.15, 0.2) is 340 Å². The van der Waals surface area contributed by atoms with E-state index < -0.39 is 0 Å². The lowest BCUT2D eigenvalue weighted by Crippen LogP contribution is -1.91. The molecule has 15 heterocycles. The van der Waals surface area contributed by atoms with Crippen LogP contribution in [-0.2, 0) is 0 Å². The first-order chi connectivity index (χ1) is 65.3. The Kier molecular flexibility index (Phi) is 18.4. The average molecular weight is 1680 g/mol. The van der Waals surface area contributed by atoms with Crippen molar-refractivity contribution < 1.29 is 0 Å². The molecule has 6 N–H and O–H groups in total. The summed E-state index contributed by atoms with van der Waals surface area (Å²) >= 11 is 0. The van der Waals surface area contributed by atoms with Crippen molar-refractivity contribution in [1.82, 2.24) is 59.8 Å². The second-order valence-electron chi connectivity index (χ2n) is 33.4. The number of nitrogens with zero attached hydrogens (tertiary/aromatic N) is 6. The van der Waals surface area contributed by atoms with E-state index >= 15 is 0 Å². The number of aromatic amines is 6. The second-order valence-corrected chi connectivity index (χ2v) is 33.4. The number of H-pyrrole nitrogens is 6. The summed E-state index contributed by atoms with van der Waals surface area (Å²) in [6.07, 6.45) is 25.4. The topological polar surface area (TPSA) is 172 Å². The van der Waals surface area contributed by atoms with Gasteiger partial charge in [-0.25, -0.2) is 29.9 Å². The molecule has 0 saturated carbocycles. The third-order valence-corrected chi connectivity index (χ3v) is 25.3. The molecule has 6 aliphatic heterocycles. The highest BCUT2D eigenvalue weighted by molar-refractivity contribution is 6.08. The molecule has 0 spiro atoms. The summed E-state index contributed by atoms with van der Waals surface area (Å²) in [5.41, 5.74) is 39.2. The lowest BCUT2D eigenvalue weighted by molar-refractivity contribution is 1.30. The molecule has 9 aromatic heterocycles. The minimum Gasteiger partial charge on any atom is -0.355 e.